The molecule has 0 aliphatic carbocycles. The van der Waals surface area contributed by atoms with Crippen LogP contribution in [0.25, 0.3) is 0 Å². The predicted molar refractivity (Wildman–Crippen MR) is 67.1 cm³/mol. The summed E-state index contributed by atoms with van der Waals surface area (Å²) >= 11 is 0. The number of benzene rings is 1. The lowest BCUT2D eigenvalue weighted by molar-refractivity contribution is -0.132. The van der Waals surface area contributed by atoms with Crippen LogP contribution in [0.2, 0.25) is 0 Å². The van der Waals surface area contributed by atoms with E-state index in [9.17, 15) is 4.79 Å². The molecule has 16 heavy (non-hydrogen) atoms. The third-order valence-electron chi connectivity index (χ3n) is 2.84. The van der Waals surface area contributed by atoms with E-state index in [0.717, 1.165) is 0 Å². The third kappa shape index (κ3) is 3.37. The molecule has 0 N–H and O–H groups in total. The standard InChI is InChI=1S/C14H21NO/c1-11(2)10-14(16)15(4)12(3)13-8-6-5-7-9-13/h5-9,11-12H,10H2,1-4H3. The molecule has 0 aromatic heterocycles. The molecule has 1 aromatic rings. The Kier molecular flexibility index (Phi) is 4.53. The normalized spacial score (nSPS) is 12.6. The number of amides is 1. The quantitative estimate of drug-likeness (QED) is 0.761. The summed E-state index contributed by atoms with van der Waals surface area (Å²) in [5, 5.41) is 0. The predicted octanol–water partition coefficient (Wildman–Crippen LogP) is 3.25. The van der Waals surface area contributed by atoms with Crippen LogP contribution >= 0.6 is 0 Å². The first kappa shape index (κ1) is 12.8. The van der Waals surface area contributed by atoms with Crippen LogP contribution in [0.4, 0.5) is 0 Å². The minimum Gasteiger partial charge on any atom is -0.339 e. The number of rotatable bonds is 4. The monoisotopic (exact) mass is 219 g/mol. The lowest BCUT2D eigenvalue weighted by Crippen LogP contribution is -2.30. The van der Waals surface area contributed by atoms with Gasteiger partial charge in [0, 0.05) is 13.5 Å². The van der Waals surface area contributed by atoms with Gasteiger partial charge in [-0.1, -0.05) is 44.2 Å². The van der Waals surface area contributed by atoms with Crippen LogP contribution in [-0.4, -0.2) is 17.9 Å². The van der Waals surface area contributed by atoms with E-state index in [1.54, 1.807) is 0 Å². The van der Waals surface area contributed by atoms with Gasteiger partial charge < -0.3 is 4.90 Å². The smallest absolute Gasteiger partial charge is 0.223 e. The van der Waals surface area contributed by atoms with Crippen molar-refractivity contribution in [3.8, 4) is 0 Å². The van der Waals surface area contributed by atoms with Crippen molar-refractivity contribution in [3.05, 3.63) is 35.9 Å². The van der Waals surface area contributed by atoms with Crippen molar-refractivity contribution in [2.24, 2.45) is 5.92 Å². The van der Waals surface area contributed by atoms with Crippen LogP contribution in [0.3, 0.4) is 0 Å². The van der Waals surface area contributed by atoms with Gasteiger partial charge in [0.15, 0.2) is 0 Å². The zero-order chi connectivity index (χ0) is 12.1. The molecule has 0 saturated carbocycles. The maximum Gasteiger partial charge on any atom is 0.223 e. The molecule has 0 saturated heterocycles. The summed E-state index contributed by atoms with van der Waals surface area (Å²) < 4.78 is 0. The second-order valence-electron chi connectivity index (χ2n) is 4.69. The van der Waals surface area contributed by atoms with E-state index in [0.29, 0.717) is 12.3 Å². The van der Waals surface area contributed by atoms with Gasteiger partial charge in [0.1, 0.15) is 0 Å². The molecule has 0 bridgehead atoms. The summed E-state index contributed by atoms with van der Waals surface area (Å²) in [4.78, 5) is 13.7. The molecule has 2 nitrogen and oxygen atoms in total. The maximum atomic E-state index is 11.9. The summed E-state index contributed by atoms with van der Waals surface area (Å²) in [7, 11) is 1.88. The van der Waals surface area contributed by atoms with Crippen LogP contribution in [0.5, 0.6) is 0 Å². The molecule has 1 unspecified atom stereocenters. The van der Waals surface area contributed by atoms with E-state index >= 15 is 0 Å². The number of hydrogen-bond donors (Lipinski definition) is 0. The number of nitrogens with zero attached hydrogens (tertiary/aromatic N) is 1. The van der Waals surface area contributed by atoms with Gasteiger partial charge >= 0.3 is 0 Å². The second-order valence-corrected chi connectivity index (χ2v) is 4.69. The summed E-state index contributed by atoms with van der Waals surface area (Å²) in [6.07, 6.45) is 0.619. The van der Waals surface area contributed by atoms with Crippen LogP contribution < -0.4 is 0 Å². The minimum atomic E-state index is 0.146. The molecule has 1 amide bonds. The van der Waals surface area contributed by atoms with E-state index in [4.69, 9.17) is 0 Å². The Morgan fingerprint density at radius 3 is 2.25 bits per heavy atom. The van der Waals surface area contributed by atoms with Gasteiger partial charge in [-0.2, -0.15) is 0 Å². The van der Waals surface area contributed by atoms with Crippen LogP contribution in [0, 0.1) is 5.92 Å². The van der Waals surface area contributed by atoms with Crippen molar-refractivity contribution in [2.45, 2.75) is 33.2 Å². The Balaban J connectivity index is 2.67. The molecule has 88 valence electrons. The fraction of sp³-hybridized carbons (Fsp3) is 0.500. The molecule has 1 rings (SSSR count). The first-order valence-corrected chi connectivity index (χ1v) is 5.83. The maximum absolute atomic E-state index is 11.9. The van der Waals surface area contributed by atoms with Crippen LogP contribution in [-0.2, 0) is 4.79 Å². The summed E-state index contributed by atoms with van der Waals surface area (Å²) in [5.74, 6) is 0.629. The molecule has 1 aromatic carbocycles. The van der Waals surface area contributed by atoms with Gasteiger partial charge in [0.25, 0.3) is 0 Å². The molecule has 0 aliphatic heterocycles. The fourth-order valence-corrected chi connectivity index (χ4v) is 1.66. The van der Waals surface area contributed by atoms with E-state index in [-0.39, 0.29) is 11.9 Å². The van der Waals surface area contributed by atoms with Crippen molar-refractivity contribution in [1.29, 1.82) is 0 Å². The topological polar surface area (TPSA) is 20.3 Å². The van der Waals surface area contributed by atoms with Crippen molar-refractivity contribution in [3.63, 3.8) is 0 Å². The summed E-state index contributed by atoms with van der Waals surface area (Å²) in [6, 6.07) is 10.3. The molecule has 0 radical (unpaired) electrons. The van der Waals surface area contributed by atoms with Crippen molar-refractivity contribution < 1.29 is 4.79 Å². The Bertz CT molecular complexity index is 332. The van der Waals surface area contributed by atoms with E-state index in [1.165, 1.54) is 5.56 Å². The molecule has 0 fully saturated rings. The summed E-state index contributed by atoms with van der Waals surface area (Å²) in [5.41, 5.74) is 1.18. The highest BCUT2D eigenvalue weighted by molar-refractivity contribution is 5.76. The van der Waals surface area contributed by atoms with Gasteiger partial charge in [-0.3, -0.25) is 4.79 Å². The van der Waals surface area contributed by atoms with E-state index < -0.39 is 0 Å². The number of carbonyl (C=O) groups is 1. The lowest BCUT2D eigenvalue weighted by atomic mass is 10.1. The molecule has 2 heteroatoms. The van der Waals surface area contributed by atoms with Gasteiger partial charge in [0.2, 0.25) is 5.91 Å². The lowest BCUT2D eigenvalue weighted by Gasteiger charge is -2.26. The highest BCUT2D eigenvalue weighted by atomic mass is 16.2. The van der Waals surface area contributed by atoms with Crippen LogP contribution in [0.15, 0.2) is 30.3 Å². The molecular formula is C14H21NO. The largest absolute Gasteiger partial charge is 0.339 e. The Morgan fingerprint density at radius 2 is 1.75 bits per heavy atom. The first-order valence-electron chi connectivity index (χ1n) is 5.83. The Labute approximate surface area is 98.3 Å². The summed E-state index contributed by atoms with van der Waals surface area (Å²) in [6.45, 7) is 6.20. The number of carbonyl (C=O) groups excluding carboxylic acids is 1. The highest BCUT2D eigenvalue weighted by Crippen LogP contribution is 2.19. The van der Waals surface area contributed by atoms with Crippen molar-refractivity contribution in [2.75, 3.05) is 7.05 Å². The van der Waals surface area contributed by atoms with Gasteiger partial charge in [0.05, 0.1) is 6.04 Å². The zero-order valence-electron chi connectivity index (χ0n) is 10.6. The molecule has 0 aliphatic rings. The Hall–Kier alpha value is -1.31. The molecule has 0 spiro atoms. The minimum absolute atomic E-state index is 0.146. The molecular weight excluding hydrogens is 198 g/mol. The average Bonchev–Trinajstić information content (AvgIpc) is 2.27. The van der Waals surface area contributed by atoms with Gasteiger partial charge in [-0.15, -0.1) is 0 Å². The molecule has 0 heterocycles. The Morgan fingerprint density at radius 1 is 1.19 bits per heavy atom. The van der Waals surface area contributed by atoms with E-state index in [1.807, 2.05) is 30.1 Å². The average molecular weight is 219 g/mol. The van der Waals surface area contributed by atoms with E-state index in [2.05, 4.69) is 32.9 Å². The third-order valence-corrected chi connectivity index (χ3v) is 2.84. The van der Waals surface area contributed by atoms with Crippen LogP contribution in [0.1, 0.15) is 38.8 Å². The van der Waals surface area contributed by atoms with Crippen molar-refractivity contribution >= 4 is 5.91 Å². The van der Waals surface area contributed by atoms with Gasteiger partial charge in [-0.05, 0) is 18.4 Å². The molecule has 1 atom stereocenters. The second kappa shape index (κ2) is 5.69. The zero-order valence-corrected chi connectivity index (χ0v) is 10.6. The van der Waals surface area contributed by atoms with Crippen molar-refractivity contribution in [1.82, 2.24) is 4.90 Å². The van der Waals surface area contributed by atoms with Gasteiger partial charge in [-0.25, -0.2) is 0 Å². The SMILES string of the molecule is CC(C)CC(=O)N(C)C(C)c1ccccc1. The highest BCUT2D eigenvalue weighted by Gasteiger charge is 2.17. The number of hydrogen-bond acceptors (Lipinski definition) is 1. The fourth-order valence-electron chi connectivity index (χ4n) is 1.66. The first-order chi connectivity index (χ1) is 7.52.